The number of amides is 1. The number of piperidine rings is 1. The Morgan fingerprint density at radius 3 is 2.41 bits per heavy atom. The molecule has 1 heterocycles. The third-order valence-corrected chi connectivity index (χ3v) is 5.81. The molecule has 1 aliphatic heterocycles. The molecule has 1 unspecified atom stereocenters. The van der Waals surface area contributed by atoms with Crippen LogP contribution in [0.2, 0.25) is 0 Å². The number of nitrogens with one attached hydrogen (secondary N) is 1. The van der Waals surface area contributed by atoms with E-state index >= 15 is 0 Å². The van der Waals surface area contributed by atoms with Gasteiger partial charge in [-0.05, 0) is 87.6 Å². The Labute approximate surface area is 172 Å². The quantitative estimate of drug-likeness (QED) is 0.749. The molecule has 2 aromatic carbocycles. The van der Waals surface area contributed by atoms with Gasteiger partial charge in [0.25, 0.3) is 5.91 Å². The van der Waals surface area contributed by atoms with Crippen LogP contribution in [0.1, 0.15) is 36.5 Å². The Morgan fingerprint density at radius 2 is 1.79 bits per heavy atom. The van der Waals surface area contributed by atoms with Crippen molar-refractivity contribution in [3.05, 3.63) is 52.8 Å². The van der Waals surface area contributed by atoms with Gasteiger partial charge < -0.3 is 20.7 Å². The summed E-state index contributed by atoms with van der Waals surface area (Å²) in [6, 6.07) is 8.55. The molecule has 0 aromatic heterocycles. The Morgan fingerprint density at radius 1 is 1.17 bits per heavy atom. The smallest absolute Gasteiger partial charge is 0.260 e. The second-order valence-corrected chi connectivity index (χ2v) is 7.86. The third kappa shape index (κ3) is 4.81. The maximum atomic E-state index is 13.1. The molecule has 0 bridgehead atoms. The predicted molar refractivity (Wildman–Crippen MR) is 115 cm³/mol. The van der Waals surface area contributed by atoms with Crippen LogP contribution in [-0.4, -0.2) is 31.1 Å². The molecule has 5 nitrogen and oxygen atoms in total. The Bertz CT molecular complexity index is 875. The first-order valence-corrected chi connectivity index (χ1v) is 10.1. The number of nitrogens with zero attached hydrogens (tertiary/aromatic N) is 1. The van der Waals surface area contributed by atoms with Gasteiger partial charge in [-0.1, -0.05) is 0 Å². The molecule has 2 aromatic rings. The normalized spacial score (nSPS) is 15.8. The van der Waals surface area contributed by atoms with Gasteiger partial charge in [0.2, 0.25) is 0 Å². The summed E-state index contributed by atoms with van der Waals surface area (Å²) in [5, 5.41) is 3.10. The van der Waals surface area contributed by atoms with Crippen molar-refractivity contribution in [1.29, 1.82) is 0 Å². The van der Waals surface area contributed by atoms with E-state index < -0.39 is 6.10 Å². The van der Waals surface area contributed by atoms with E-state index in [4.69, 9.17) is 10.5 Å². The van der Waals surface area contributed by atoms with Crippen LogP contribution in [0, 0.1) is 26.6 Å². The van der Waals surface area contributed by atoms with E-state index in [0.717, 1.165) is 54.0 Å². The third-order valence-electron chi connectivity index (χ3n) is 5.81. The summed E-state index contributed by atoms with van der Waals surface area (Å²) in [7, 11) is 0. The number of anilines is 2. The number of carbonyl (C=O) groups is 1. The summed E-state index contributed by atoms with van der Waals surface area (Å²) >= 11 is 0. The molecule has 1 amide bonds. The maximum absolute atomic E-state index is 13.1. The topological polar surface area (TPSA) is 67.6 Å². The van der Waals surface area contributed by atoms with Crippen LogP contribution < -0.4 is 20.7 Å². The number of hydrogen-bond acceptors (Lipinski definition) is 4. The fourth-order valence-electron chi connectivity index (χ4n) is 3.68. The number of ether oxygens (including phenoxy) is 1. The number of carbonyl (C=O) groups excluding carboxylic acids is 1. The maximum Gasteiger partial charge on any atom is 0.260 e. The molecule has 1 atom stereocenters. The summed E-state index contributed by atoms with van der Waals surface area (Å²) < 4.78 is 19.0. The lowest BCUT2D eigenvalue weighted by atomic mass is 10.0. The van der Waals surface area contributed by atoms with Crippen LogP contribution in [0.4, 0.5) is 15.8 Å². The van der Waals surface area contributed by atoms with Gasteiger partial charge in [0.05, 0.1) is 0 Å². The fraction of sp³-hybridized carbons (Fsp3) is 0.435. The molecule has 1 fully saturated rings. The zero-order valence-corrected chi connectivity index (χ0v) is 17.6. The average molecular weight is 400 g/mol. The Balaban J connectivity index is 1.54. The standard InChI is InChI=1S/C23H30FN3O2/c1-14-13-21(15(2)16(3)22(14)25)29-17(4)23(28)26-19-9-11-27(12-10-19)20-7-5-18(24)6-8-20/h5-8,13,17,19H,9-12,25H2,1-4H3,(H,26,28). The van der Waals surface area contributed by atoms with Crippen molar-refractivity contribution in [1.82, 2.24) is 5.32 Å². The predicted octanol–water partition coefficient (Wildman–Crippen LogP) is 3.89. The first kappa shape index (κ1) is 21.0. The SMILES string of the molecule is Cc1cc(OC(C)C(=O)NC2CCN(c3ccc(F)cc3)CC2)c(C)c(C)c1N. The summed E-state index contributed by atoms with van der Waals surface area (Å²) in [6.45, 7) is 9.26. The van der Waals surface area contributed by atoms with Crippen LogP contribution in [0.3, 0.4) is 0 Å². The van der Waals surface area contributed by atoms with Gasteiger partial charge in [0, 0.05) is 30.5 Å². The second kappa shape index (κ2) is 8.72. The molecule has 156 valence electrons. The molecule has 1 saturated heterocycles. The summed E-state index contributed by atoms with van der Waals surface area (Å²) in [4.78, 5) is 14.9. The van der Waals surface area contributed by atoms with Gasteiger partial charge in [-0.3, -0.25) is 4.79 Å². The van der Waals surface area contributed by atoms with Crippen LogP contribution in [0.15, 0.2) is 30.3 Å². The van der Waals surface area contributed by atoms with E-state index in [1.54, 1.807) is 19.1 Å². The van der Waals surface area contributed by atoms with Crippen molar-refractivity contribution in [3.63, 3.8) is 0 Å². The molecule has 3 rings (SSSR count). The van der Waals surface area contributed by atoms with Crippen molar-refractivity contribution < 1.29 is 13.9 Å². The zero-order chi connectivity index (χ0) is 21.1. The van der Waals surface area contributed by atoms with Crippen molar-refractivity contribution in [2.24, 2.45) is 0 Å². The number of hydrogen-bond donors (Lipinski definition) is 2. The minimum atomic E-state index is -0.591. The van der Waals surface area contributed by atoms with E-state index in [-0.39, 0.29) is 17.8 Å². The van der Waals surface area contributed by atoms with Gasteiger partial charge in [0.1, 0.15) is 11.6 Å². The first-order valence-electron chi connectivity index (χ1n) is 10.1. The van der Waals surface area contributed by atoms with Crippen molar-refractivity contribution >= 4 is 17.3 Å². The largest absolute Gasteiger partial charge is 0.481 e. The molecular formula is C23H30FN3O2. The first-order chi connectivity index (χ1) is 13.8. The van der Waals surface area contributed by atoms with Crippen molar-refractivity contribution in [2.75, 3.05) is 23.7 Å². The number of nitrogens with two attached hydrogens (primary N) is 1. The molecule has 0 radical (unpaired) electrons. The number of nitrogen functional groups attached to an aromatic ring is 1. The number of rotatable bonds is 5. The summed E-state index contributed by atoms with van der Waals surface area (Å²) in [5.41, 5.74) is 10.7. The summed E-state index contributed by atoms with van der Waals surface area (Å²) in [6.07, 6.45) is 1.09. The van der Waals surface area contributed by atoms with Crippen molar-refractivity contribution in [2.45, 2.75) is 52.7 Å². The average Bonchev–Trinajstić information content (AvgIpc) is 2.71. The van der Waals surface area contributed by atoms with Gasteiger partial charge in [-0.25, -0.2) is 4.39 Å². The van der Waals surface area contributed by atoms with Gasteiger partial charge in [-0.2, -0.15) is 0 Å². The lowest BCUT2D eigenvalue weighted by molar-refractivity contribution is -0.128. The minimum Gasteiger partial charge on any atom is -0.481 e. The fourth-order valence-corrected chi connectivity index (χ4v) is 3.68. The molecular weight excluding hydrogens is 369 g/mol. The van der Waals surface area contributed by atoms with Gasteiger partial charge in [-0.15, -0.1) is 0 Å². The molecule has 1 aliphatic rings. The number of benzene rings is 2. The van der Waals surface area contributed by atoms with Crippen molar-refractivity contribution in [3.8, 4) is 5.75 Å². The molecule has 3 N–H and O–H groups in total. The van der Waals surface area contributed by atoms with E-state index in [1.165, 1.54) is 12.1 Å². The Hall–Kier alpha value is -2.76. The van der Waals surface area contributed by atoms with Crippen LogP contribution in [-0.2, 0) is 4.79 Å². The Kier molecular flexibility index (Phi) is 6.30. The lowest BCUT2D eigenvalue weighted by Gasteiger charge is -2.34. The van der Waals surface area contributed by atoms with E-state index in [1.807, 2.05) is 26.8 Å². The molecule has 0 spiro atoms. The van der Waals surface area contributed by atoms with Gasteiger partial charge in [0.15, 0.2) is 6.10 Å². The molecule has 0 aliphatic carbocycles. The van der Waals surface area contributed by atoms with Gasteiger partial charge >= 0.3 is 0 Å². The molecule has 29 heavy (non-hydrogen) atoms. The molecule has 0 saturated carbocycles. The summed E-state index contributed by atoms with van der Waals surface area (Å²) in [5.74, 6) is 0.353. The highest BCUT2D eigenvalue weighted by molar-refractivity contribution is 5.81. The highest BCUT2D eigenvalue weighted by Gasteiger charge is 2.24. The highest BCUT2D eigenvalue weighted by Crippen LogP contribution is 2.30. The number of aryl methyl sites for hydroxylation is 1. The molecule has 6 heteroatoms. The zero-order valence-electron chi connectivity index (χ0n) is 17.6. The lowest BCUT2D eigenvalue weighted by Crippen LogP contribution is -2.48. The second-order valence-electron chi connectivity index (χ2n) is 7.86. The monoisotopic (exact) mass is 399 g/mol. The van der Waals surface area contributed by atoms with E-state index in [2.05, 4.69) is 10.2 Å². The highest BCUT2D eigenvalue weighted by atomic mass is 19.1. The van der Waals surface area contributed by atoms with Crippen LogP contribution >= 0.6 is 0 Å². The van der Waals surface area contributed by atoms with E-state index in [9.17, 15) is 9.18 Å². The van der Waals surface area contributed by atoms with E-state index in [0.29, 0.717) is 5.75 Å². The minimum absolute atomic E-state index is 0.112. The van der Waals surface area contributed by atoms with Crippen LogP contribution in [0.25, 0.3) is 0 Å². The van der Waals surface area contributed by atoms with Crippen LogP contribution in [0.5, 0.6) is 5.75 Å². The number of halogens is 1.